The van der Waals surface area contributed by atoms with Crippen molar-refractivity contribution in [2.24, 2.45) is 0 Å². The van der Waals surface area contributed by atoms with Crippen LogP contribution >= 0.6 is 0 Å². The molecule has 2 aromatic carbocycles. The first-order valence-corrected chi connectivity index (χ1v) is 12.2. The molecule has 1 N–H and O–H groups in total. The molecule has 0 spiro atoms. The van der Waals surface area contributed by atoms with Crippen LogP contribution in [0.3, 0.4) is 0 Å². The second kappa shape index (κ2) is 9.83. The van der Waals surface area contributed by atoms with Gasteiger partial charge in [-0.3, -0.25) is 0 Å². The fraction of sp³-hybridized carbons (Fsp3) is 0.292. The summed E-state index contributed by atoms with van der Waals surface area (Å²) in [4.78, 5) is 11.9. The Morgan fingerprint density at radius 2 is 1.65 bits per heavy atom. The molecule has 0 atom stereocenters. The minimum atomic E-state index is -3.56. The van der Waals surface area contributed by atoms with Gasteiger partial charge in [0.2, 0.25) is 0 Å². The van der Waals surface area contributed by atoms with Gasteiger partial charge in [-0.15, -0.1) is 0 Å². The second-order valence-electron chi connectivity index (χ2n) is 7.37. The van der Waals surface area contributed by atoms with Crippen LogP contribution in [0.15, 0.2) is 65.7 Å². The van der Waals surface area contributed by atoms with Gasteiger partial charge in [0.15, 0.2) is 9.84 Å². The molecule has 31 heavy (non-hydrogen) atoms. The fourth-order valence-corrected chi connectivity index (χ4v) is 4.88. The number of amides is 1. The molecular formula is C24H28N2O4S. The zero-order valence-corrected chi connectivity index (χ0v) is 18.9. The van der Waals surface area contributed by atoms with E-state index in [0.717, 1.165) is 28.9 Å². The largest absolute Gasteiger partial charge is 0.450 e. The zero-order chi connectivity index (χ0) is 22.4. The molecular weight excluding hydrogens is 412 g/mol. The summed E-state index contributed by atoms with van der Waals surface area (Å²) in [6.45, 7) is 4.55. The highest BCUT2D eigenvalue weighted by Crippen LogP contribution is 2.37. The highest BCUT2D eigenvalue weighted by atomic mass is 32.2. The number of para-hydroxylation sites is 1. The Bertz CT molecular complexity index is 1140. The van der Waals surface area contributed by atoms with E-state index in [4.69, 9.17) is 4.74 Å². The Morgan fingerprint density at radius 1 is 1.03 bits per heavy atom. The van der Waals surface area contributed by atoms with E-state index in [1.165, 1.54) is 6.26 Å². The molecule has 3 rings (SSSR count). The molecule has 0 fully saturated rings. The third-order valence-corrected chi connectivity index (χ3v) is 6.09. The lowest BCUT2D eigenvalue weighted by Gasteiger charge is -2.11. The van der Waals surface area contributed by atoms with Gasteiger partial charge < -0.3 is 14.6 Å². The Morgan fingerprint density at radius 3 is 2.23 bits per heavy atom. The summed E-state index contributed by atoms with van der Waals surface area (Å²) in [6.07, 6.45) is 1.99. The highest BCUT2D eigenvalue weighted by molar-refractivity contribution is 7.90. The van der Waals surface area contributed by atoms with Crippen molar-refractivity contribution in [1.82, 2.24) is 9.88 Å². The van der Waals surface area contributed by atoms with Crippen molar-refractivity contribution in [3.05, 3.63) is 71.9 Å². The highest BCUT2D eigenvalue weighted by Gasteiger charge is 2.28. The van der Waals surface area contributed by atoms with Crippen molar-refractivity contribution >= 4 is 15.9 Å². The van der Waals surface area contributed by atoms with Crippen LogP contribution in [0, 0.1) is 6.92 Å². The zero-order valence-electron chi connectivity index (χ0n) is 18.1. The minimum Gasteiger partial charge on any atom is -0.450 e. The summed E-state index contributed by atoms with van der Waals surface area (Å²) < 4.78 is 32.8. The van der Waals surface area contributed by atoms with Gasteiger partial charge >= 0.3 is 6.09 Å². The SMILES string of the molecule is CCCOC(=O)NCCc1c(-c2ccccc2)c(S(C)(=O)=O)n(-c2ccccc2)c1C. The van der Waals surface area contributed by atoms with E-state index in [2.05, 4.69) is 5.32 Å². The van der Waals surface area contributed by atoms with E-state index in [1.807, 2.05) is 74.5 Å². The summed E-state index contributed by atoms with van der Waals surface area (Å²) in [6, 6.07) is 18.9. The number of rotatable bonds is 8. The lowest BCUT2D eigenvalue weighted by Crippen LogP contribution is -2.26. The lowest BCUT2D eigenvalue weighted by atomic mass is 10.0. The predicted octanol–water partition coefficient (Wildman–Crippen LogP) is 4.53. The number of hydrogen-bond donors (Lipinski definition) is 1. The summed E-state index contributed by atoms with van der Waals surface area (Å²) in [5.74, 6) is 0. The van der Waals surface area contributed by atoms with Crippen LogP contribution in [0.25, 0.3) is 16.8 Å². The summed E-state index contributed by atoms with van der Waals surface area (Å²) >= 11 is 0. The smallest absolute Gasteiger partial charge is 0.407 e. The first-order valence-electron chi connectivity index (χ1n) is 10.3. The molecule has 0 aliphatic heterocycles. The maximum Gasteiger partial charge on any atom is 0.407 e. The maximum atomic E-state index is 13.0. The van der Waals surface area contributed by atoms with Gasteiger partial charge in [-0.1, -0.05) is 55.5 Å². The van der Waals surface area contributed by atoms with Gasteiger partial charge in [0.05, 0.1) is 6.61 Å². The first kappa shape index (κ1) is 22.6. The number of sulfone groups is 1. The van der Waals surface area contributed by atoms with E-state index in [-0.39, 0.29) is 5.03 Å². The number of nitrogens with one attached hydrogen (secondary N) is 1. The minimum absolute atomic E-state index is 0.256. The molecule has 1 amide bonds. The molecule has 3 aromatic rings. The van der Waals surface area contributed by atoms with Crippen LogP contribution in [-0.4, -0.2) is 38.5 Å². The third-order valence-electron chi connectivity index (χ3n) is 5.00. The van der Waals surface area contributed by atoms with Crippen LogP contribution in [0.5, 0.6) is 0 Å². The monoisotopic (exact) mass is 440 g/mol. The Labute approximate surface area is 183 Å². The Kier molecular flexibility index (Phi) is 7.17. The number of hydrogen-bond acceptors (Lipinski definition) is 4. The molecule has 0 unspecified atom stereocenters. The number of benzene rings is 2. The summed E-state index contributed by atoms with van der Waals surface area (Å²) in [7, 11) is -3.56. The van der Waals surface area contributed by atoms with Crippen molar-refractivity contribution in [2.75, 3.05) is 19.4 Å². The van der Waals surface area contributed by atoms with Gasteiger partial charge in [0.25, 0.3) is 0 Å². The number of carbonyl (C=O) groups excluding carboxylic acids is 1. The van der Waals surface area contributed by atoms with Gasteiger partial charge in [-0.05, 0) is 43.0 Å². The molecule has 0 aliphatic carbocycles. The average molecular weight is 441 g/mol. The Hall–Kier alpha value is -3.06. The molecule has 1 aromatic heterocycles. The number of alkyl carbamates (subject to hydrolysis) is 1. The summed E-state index contributed by atoms with van der Waals surface area (Å²) in [5.41, 5.74) is 3.98. The van der Waals surface area contributed by atoms with E-state index >= 15 is 0 Å². The van der Waals surface area contributed by atoms with Crippen LogP contribution in [0.2, 0.25) is 0 Å². The second-order valence-corrected chi connectivity index (χ2v) is 9.30. The van der Waals surface area contributed by atoms with E-state index in [9.17, 15) is 13.2 Å². The molecule has 0 bridgehead atoms. The van der Waals surface area contributed by atoms with Crippen molar-refractivity contribution in [3.63, 3.8) is 0 Å². The topological polar surface area (TPSA) is 77.4 Å². The van der Waals surface area contributed by atoms with E-state index < -0.39 is 15.9 Å². The van der Waals surface area contributed by atoms with E-state index in [1.54, 1.807) is 4.57 Å². The number of carbonyl (C=O) groups is 1. The molecule has 0 saturated carbocycles. The molecule has 0 saturated heterocycles. The molecule has 7 heteroatoms. The third kappa shape index (κ3) is 5.17. The lowest BCUT2D eigenvalue weighted by molar-refractivity contribution is 0.146. The quantitative estimate of drug-likeness (QED) is 0.558. The first-order chi connectivity index (χ1) is 14.8. The van der Waals surface area contributed by atoms with Crippen molar-refractivity contribution in [3.8, 4) is 16.8 Å². The molecule has 0 aliphatic rings. The fourth-order valence-electron chi connectivity index (χ4n) is 3.69. The predicted molar refractivity (Wildman–Crippen MR) is 122 cm³/mol. The molecule has 6 nitrogen and oxygen atoms in total. The standard InChI is InChI=1S/C24H28N2O4S/c1-4-17-30-24(27)25-16-15-21-18(2)26(20-13-9-6-10-14-20)23(31(3,28)29)22(21)19-11-7-5-8-12-19/h5-14H,4,15-17H2,1-3H3,(H,25,27). The normalized spacial score (nSPS) is 11.3. The molecule has 1 heterocycles. The van der Waals surface area contributed by atoms with Gasteiger partial charge in [-0.2, -0.15) is 0 Å². The maximum absolute atomic E-state index is 13.0. The van der Waals surface area contributed by atoms with Crippen molar-refractivity contribution < 1.29 is 17.9 Å². The van der Waals surface area contributed by atoms with Crippen molar-refractivity contribution in [1.29, 1.82) is 0 Å². The van der Waals surface area contributed by atoms with Gasteiger partial charge in [-0.25, -0.2) is 13.2 Å². The van der Waals surface area contributed by atoms with Gasteiger partial charge in [0, 0.05) is 29.7 Å². The number of ether oxygens (including phenoxy) is 1. The van der Waals surface area contributed by atoms with E-state index in [0.29, 0.717) is 25.1 Å². The molecule has 0 radical (unpaired) electrons. The van der Waals surface area contributed by atoms with Crippen LogP contribution in [-0.2, 0) is 21.0 Å². The summed E-state index contributed by atoms with van der Waals surface area (Å²) in [5, 5.41) is 3.01. The number of nitrogens with zero attached hydrogens (tertiary/aromatic N) is 1. The number of aromatic nitrogens is 1. The Balaban J connectivity index is 2.13. The van der Waals surface area contributed by atoms with Gasteiger partial charge in [0.1, 0.15) is 5.03 Å². The molecule has 164 valence electrons. The van der Waals surface area contributed by atoms with Crippen LogP contribution in [0.1, 0.15) is 24.6 Å². The van der Waals surface area contributed by atoms with Crippen molar-refractivity contribution in [2.45, 2.75) is 31.7 Å². The van der Waals surface area contributed by atoms with Crippen LogP contribution < -0.4 is 5.32 Å². The van der Waals surface area contributed by atoms with Crippen LogP contribution in [0.4, 0.5) is 4.79 Å². The average Bonchev–Trinajstić information content (AvgIpc) is 3.06.